The van der Waals surface area contributed by atoms with Crippen LogP contribution in [0.25, 0.3) is 0 Å². The molecule has 0 saturated carbocycles. The van der Waals surface area contributed by atoms with E-state index in [-0.39, 0.29) is 11.8 Å². The summed E-state index contributed by atoms with van der Waals surface area (Å²) in [6, 6.07) is 18.9. The van der Waals surface area contributed by atoms with E-state index in [2.05, 4.69) is 10.3 Å². The number of benzene rings is 2. The van der Waals surface area contributed by atoms with Crippen molar-refractivity contribution in [2.24, 2.45) is 5.73 Å². The van der Waals surface area contributed by atoms with E-state index >= 15 is 0 Å². The average molecular weight is 431 g/mol. The molecular formula is C25H26N4O3. The first kappa shape index (κ1) is 21.7. The number of amides is 2. The van der Waals surface area contributed by atoms with E-state index in [4.69, 9.17) is 5.73 Å². The van der Waals surface area contributed by atoms with Gasteiger partial charge < -0.3 is 21.1 Å². The summed E-state index contributed by atoms with van der Waals surface area (Å²) in [4.78, 5) is 31.0. The van der Waals surface area contributed by atoms with Crippen LogP contribution in [-0.2, 0) is 10.4 Å². The van der Waals surface area contributed by atoms with E-state index in [1.54, 1.807) is 53.7 Å². The molecule has 32 heavy (non-hydrogen) atoms. The molecule has 2 aromatic carbocycles. The van der Waals surface area contributed by atoms with E-state index < -0.39 is 11.6 Å². The van der Waals surface area contributed by atoms with Crippen LogP contribution in [-0.4, -0.2) is 39.9 Å². The van der Waals surface area contributed by atoms with Crippen LogP contribution >= 0.6 is 0 Å². The number of aromatic nitrogens is 1. The minimum absolute atomic E-state index is 0.186. The topological polar surface area (TPSA) is 109 Å². The molecule has 7 heteroatoms. The first-order valence-electron chi connectivity index (χ1n) is 10.6. The predicted molar refractivity (Wildman–Crippen MR) is 122 cm³/mol. The van der Waals surface area contributed by atoms with Crippen molar-refractivity contribution in [2.75, 3.05) is 18.4 Å². The van der Waals surface area contributed by atoms with Crippen LogP contribution in [0.5, 0.6) is 0 Å². The van der Waals surface area contributed by atoms with Crippen molar-refractivity contribution in [2.45, 2.75) is 24.5 Å². The Balaban J connectivity index is 1.36. The quantitative estimate of drug-likeness (QED) is 0.577. The molecule has 4 rings (SSSR count). The first-order chi connectivity index (χ1) is 15.5. The van der Waals surface area contributed by atoms with E-state index in [0.717, 1.165) is 5.56 Å². The molecule has 1 aliphatic rings. The average Bonchev–Trinajstić information content (AvgIpc) is 2.85. The number of piperidine rings is 1. The second-order valence-corrected chi connectivity index (χ2v) is 8.01. The Morgan fingerprint density at radius 2 is 1.59 bits per heavy atom. The summed E-state index contributed by atoms with van der Waals surface area (Å²) in [6.07, 6.45) is 4.13. The molecule has 0 radical (unpaired) electrons. The third-order valence-electron chi connectivity index (χ3n) is 5.95. The molecule has 2 heterocycles. The highest BCUT2D eigenvalue weighted by molar-refractivity contribution is 6.04. The molecule has 0 bridgehead atoms. The van der Waals surface area contributed by atoms with E-state index in [0.29, 0.717) is 42.7 Å². The monoisotopic (exact) mass is 430 g/mol. The molecule has 1 atom stereocenters. The lowest BCUT2D eigenvalue weighted by molar-refractivity contribution is -0.137. The van der Waals surface area contributed by atoms with Crippen LogP contribution in [0.1, 0.15) is 40.4 Å². The molecule has 3 aromatic rings. The van der Waals surface area contributed by atoms with Crippen LogP contribution in [0.15, 0.2) is 79.1 Å². The molecule has 2 amide bonds. The molecule has 164 valence electrons. The number of hydrogen-bond acceptors (Lipinski definition) is 5. The zero-order chi connectivity index (χ0) is 22.6. The maximum absolute atomic E-state index is 12.9. The standard InChI is InChI=1S/C25H26N4O3/c26-22(18-6-8-19(9-7-18)23(30)28-21-10-14-27-15-11-21)24(31)29-16-12-25(32,13-17-29)20-4-2-1-3-5-20/h1-11,14-15,22,32H,12-13,16-17,26H2,(H,27,28,30). The number of likely N-dealkylation sites (tertiary alicyclic amines) is 1. The van der Waals surface area contributed by atoms with Crippen LogP contribution in [0, 0.1) is 0 Å². The van der Waals surface area contributed by atoms with Crippen molar-refractivity contribution in [3.05, 3.63) is 95.8 Å². The molecule has 7 nitrogen and oxygen atoms in total. The van der Waals surface area contributed by atoms with Crippen molar-refractivity contribution < 1.29 is 14.7 Å². The molecule has 1 aromatic heterocycles. The van der Waals surface area contributed by atoms with Crippen molar-refractivity contribution in [1.82, 2.24) is 9.88 Å². The van der Waals surface area contributed by atoms with Gasteiger partial charge in [0.25, 0.3) is 5.91 Å². The lowest BCUT2D eigenvalue weighted by Gasteiger charge is -2.39. The summed E-state index contributed by atoms with van der Waals surface area (Å²) in [6.45, 7) is 0.870. The van der Waals surface area contributed by atoms with Gasteiger partial charge in [0.2, 0.25) is 5.91 Å². The normalized spacial score (nSPS) is 16.2. The van der Waals surface area contributed by atoms with Crippen LogP contribution < -0.4 is 11.1 Å². The Kier molecular flexibility index (Phi) is 6.30. The fourth-order valence-electron chi connectivity index (χ4n) is 3.95. The zero-order valence-electron chi connectivity index (χ0n) is 17.6. The van der Waals surface area contributed by atoms with Crippen molar-refractivity contribution in [3.8, 4) is 0 Å². The van der Waals surface area contributed by atoms with Gasteiger partial charge in [0.1, 0.15) is 6.04 Å². The number of nitrogens with two attached hydrogens (primary N) is 1. The van der Waals surface area contributed by atoms with Gasteiger partial charge in [0, 0.05) is 36.7 Å². The number of aliphatic hydroxyl groups is 1. The summed E-state index contributed by atoms with van der Waals surface area (Å²) in [7, 11) is 0. The fourth-order valence-corrected chi connectivity index (χ4v) is 3.95. The van der Waals surface area contributed by atoms with Crippen molar-refractivity contribution in [1.29, 1.82) is 0 Å². The second-order valence-electron chi connectivity index (χ2n) is 8.01. The highest BCUT2D eigenvalue weighted by Crippen LogP contribution is 2.33. The summed E-state index contributed by atoms with van der Waals surface area (Å²) in [5.74, 6) is -0.437. The minimum atomic E-state index is -0.925. The summed E-state index contributed by atoms with van der Waals surface area (Å²) in [5.41, 5.74) is 7.95. The Bertz CT molecular complexity index is 1060. The lowest BCUT2D eigenvalue weighted by Crippen LogP contribution is -2.47. The number of carbonyl (C=O) groups excluding carboxylic acids is 2. The molecule has 1 unspecified atom stereocenters. The number of rotatable bonds is 5. The zero-order valence-corrected chi connectivity index (χ0v) is 17.6. The first-order valence-corrected chi connectivity index (χ1v) is 10.6. The molecule has 1 fully saturated rings. The highest BCUT2D eigenvalue weighted by atomic mass is 16.3. The number of nitrogens with one attached hydrogen (secondary N) is 1. The molecule has 0 spiro atoms. The fraction of sp³-hybridized carbons (Fsp3) is 0.240. The lowest BCUT2D eigenvalue weighted by atomic mass is 9.84. The summed E-state index contributed by atoms with van der Waals surface area (Å²) < 4.78 is 0. The van der Waals surface area contributed by atoms with Gasteiger partial charge in [-0.2, -0.15) is 0 Å². The maximum Gasteiger partial charge on any atom is 0.255 e. The molecule has 0 aliphatic carbocycles. The highest BCUT2D eigenvalue weighted by Gasteiger charge is 2.36. The predicted octanol–water partition coefficient (Wildman–Crippen LogP) is 2.84. The molecule has 1 saturated heterocycles. The minimum Gasteiger partial charge on any atom is -0.385 e. The van der Waals surface area contributed by atoms with Crippen molar-refractivity contribution in [3.63, 3.8) is 0 Å². The second kappa shape index (κ2) is 9.30. The van der Waals surface area contributed by atoms with Gasteiger partial charge >= 0.3 is 0 Å². The Morgan fingerprint density at radius 3 is 2.22 bits per heavy atom. The van der Waals surface area contributed by atoms with E-state index in [9.17, 15) is 14.7 Å². The Hall–Kier alpha value is -3.55. The number of nitrogens with zero attached hydrogens (tertiary/aromatic N) is 2. The van der Waals surface area contributed by atoms with Gasteiger partial charge in [0.05, 0.1) is 5.60 Å². The van der Waals surface area contributed by atoms with Gasteiger partial charge in [-0.1, -0.05) is 42.5 Å². The number of pyridine rings is 1. The van der Waals surface area contributed by atoms with E-state index in [1.165, 1.54) is 0 Å². The summed E-state index contributed by atoms with van der Waals surface area (Å²) in [5, 5.41) is 13.8. The van der Waals surface area contributed by atoms with Crippen LogP contribution in [0.2, 0.25) is 0 Å². The Labute approximate surface area is 186 Å². The maximum atomic E-state index is 12.9. The van der Waals surface area contributed by atoms with Crippen LogP contribution in [0.4, 0.5) is 5.69 Å². The molecule has 4 N–H and O–H groups in total. The largest absolute Gasteiger partial charge is 0.385 e. The number of anilines is 1. The van der Waals surface area contributed by atoms with Crippen molar-refractivity contribution >= 4 is 17.5 Å². The van der Waals surface area contributed by atoms with Crippen LogP contribution in [0.3, 0.4) is 0 Å². The number of carbonyl (C=O) groups is 2. The SMILES string of the molecule is NC(C(=O)N1CCC(O)(c2ccccc2)CC1)c1ccc(C(=O)Nc2ccncc2)cc1. The van der Waals surface area contributed by atoms with Gasteiger partial charge in [-0.15, -0.1) is 0 Å². The molecule has 1 aliphatic heterocycles. The van der Waals surface area contributed by atoms with Gasteiger partial charge in [-0.05, 0) is 48.2 Å². The number of hydrogen-bond donors (Lipinski definition) is 3. The molecular weight excluding hydrogens is 404 g/mol. The smallest absolute Gasteiger partial charge is 0.255 e. The van der Waals surface area contributed by atoms with E-state index in [1.807, 2.05) is 30.3 Å². The third kappa shape index (κ3) is 4.69. The van der Waals surface area contributed by atoms with Gasteiger partial charge in [-0.25, -0.2) is 0 Å². The third-order valence-corrected chi connectivity index (χ3v) is 5.95. The van der Waals surface area contributed by atoms with Gasteiger partial charge in [0.15, 0.2) is 0 Å². The summed E-state index contributed by atoms with van der Waals surface area (Å²) >= 11 is 0. The Morgan fingerprint density at radius 1 is 0.969 bits per heavy atom. The van der Waals surface area contributed by atoms with Gasteiger partial charge in [-0.3, -0.25) is 14.6 Å².